The van der Waals surface area contributed by atoms with Gasteiger partial charge >= 0.3 is 0 Å². The molecule has 24 heavy (non-hydrogen) atoms. The molecule has 0 heterocycles. The average Bonchev–Trinajstić information content (AvgIpc) is 2.60. The second-order valence-corrected chi connectivity index (χ2v) is 5.72. The standard InChI is InChI=1S/C19H22ClNO3/c1-4-16(13-7-6-8-15(20)11-13)21-19(22)14-9-10-17(24-5-2)18(12-14)23-3/h6-12,16H,4-5H2,1-3H3,(H,21,22). The number of hydrogen-bond donors (Lipinski definition) is 1. The molecule has 0 aliphatic rings. The van der Waals surface area contributed by atoms with Gasteiger partial charge in [0.15, 0.2) is 11.5 Å². The number of hydrogen-bond acceptors (Lipinski definition) is 3. The zero-order valence-corrected chi connectivity index (χ0v) is 14.9. The van der Waals surface area contributed by atoms with E-state index >= 15 is 0 Å². The van der Waals surface area contributed by atoms with E-state index in [1.165, 1.54) is 0 Å². The van der Waals surface area contributed by atoms with Gasteiger partial charge in [0, 0.05) is 10.6 Å². The maximum atomic E-state index is 12.6. The maximum Gasteiger partial charge on any atom is 0.251 e. The highest BCUT2D eigenvalue weighted by Crippen LogP contribution is 2.28. The molecule has 2 aromatic carbocycles. The third kappa shape index (κ3) is 4.42. The Morgan fingerprint density at radius 3 is 2.58 bits per heavy atom. The van der Waals surface area contributed by atoms with Crippen LogP contribution in [0, 0.1) is 0 Å². The van der Waals surface area contributed by atoms with Crippen LogP contribution in [0.2, 0.25) is 5.02 Å². The Hall–Kier alpha value is -2.20. The van der Waals surface area contributed by atoms with Gasteiger partial charge in [0.2, 0.25) is 0 Å². The van der Waals surface area contributed by atoms with Gasteiger partial charge < -0.3 is 14.8 Å². The van der Waals surface area contributed by atoms with E-state index in [0.29, 0.717) is 28.7 Å². The van der Waals surface area contributed by atoms with Crippen LogP contribution in [0.5, 0.6) is 11.5 Å². The molecule has 4 nitrogen and oxygen atoms in total. The van der Waals surface area contributed by atoms with Crippen molar-refractivity contribution in [1.82, 2.24) is 5.32 Å². The monoisotopic (exact) mass is 347 g/mol. The molecule has 0 radical (unpaired) electrons. The summed E-state index contributed by atoms with van der Waals surface area (Å²) in [6.45, 7) is 4.45. The average molecular weight is 348 g/mol. The van der Waals surface area contributed by atoms with Crippen LogP contribution in [0.1, 0.15) is 42.2 Å². The molecule has 2 aromatic rings. The molecule has 1 atom stereocenters. The molecule has 0 aliphatic heterocycles. The van der Waals surface area contributed by atoms with Crippen molar-refractivity contribution in [2.45, 2.75) is 26.3 Å². The predicted molar refractivity (Wildman–Crippen MR) is 96.1 cm³/mol. The molecule has 2 rings (SSSR count). The zero-order valence-electron chi connectivity index (χ0n) is 14.1. The van der Waals surface area contributed by atoms with Crippen molar-refractivity contribution in [1.29, 1.82) is 0 Å². The van der Waals surface area contributed by atoms with Crippen LogP contribution in [0.25, 0.3) is 0 Å². The van der Waals surface area contributed by atoms with Crippen LogP contribution in [-0.4, -0.2) is 19.6 Å². The fraction of sp³-hybridized carbons (Fsp3) is 0.316. The maximum absolute atomic E-state index is 12.6. The van der Waals surface area contributed by atoms with Crippen LogP contribution in [0.4, 0.5) is 0 Å². The number of ether oxygens (including phenoxy) is 2. The Morgan fingerprint density at radius 1 is 1.17 bits per heavy atom. The third-order valence-electron chi connectivity index (χ3n) is 3.69. The van der Waals surface area contributed by atoms with E-state index in [2.05, 4.69) is 5.32 Å². The number of carbonyl (C=O) groups is 1. The Kier molecular flexibility index (Phi) is 6.50. The first-order valence-corrected chi connectivity index (χ1v) is 8.34. The smallest absolute Gasteiger partial charge is 0.251 e. The van der Waals surface area contributed by atoms with Gasteiger partial charge in [-0.2, -0.15) is 0 Å². The van der Waals surface area contributed by atoms with Crippen LogP contribution in [-0.2, 0) is 0 Å². The highest BCUT2D eigenvalue weighted by atomic mass is 35.5. The summed E-state index contributed by atoms with van der Waals surface area (Å²) >= 11 is 6.04. The SMILES string of the molecule is CCOc1ccc(C(=O)NC(CC)c2cccc(Cl)c2)cc1OC. The Morgan fingerprint density at radius 2 is 1.96 bits per heavy atom. The van der Waals surface area contributed by atoms with Gasteiger partial charge in [-0.05, 0) is 49.2 Å². The van der Waals surface area contributed by atoms with Crippen molar-refractivity contribution in [2.75, 3.05) is 13.7 Å². The number of amides is 1. The van der Waals surface area contributed by atoms with E-state index < -0.39 is 0 Å². The minimum absolute atomic E-state index is 0.103. The first kappa shape index (κ1) is 18.1. The van der Waals surface area contributed by atoms with E-state index in [0.717, 1.165) is 12.0 Å². The summed E-state index contributed by atoms with van der Waals surface area (Å²) in [5.74, 6) is 1.00. The number of methoxy groups -OCH3 is 1. The highest BCUT2D eigenvalue weighted by Gasteiger charge is 2.16. The second-order valence-electron chi connectivity index (χ2n) is 5.29. The summed E-state index contributed by atoms with van der Waals surface area (Å²) in [5.41, 5.74) is 1.51. The first-order valence-electron chi connectivity index (χ1n) is 7.96. The number of carbonyl (C=O) groups excluding carboxylic acids is 1. The van der Waals surface area contributed by atoms with Crippen LogP contribution in [0.15, 0.2) is 42.5 Å². The lowest BCUT2D eigenvalue weighted by Gasteiger charge is -2.18. The number of halogens is 1. The lowest BCUT2D eigenvalue weighted by atomic mass is 10.0. The summed E-state index contributed by atoms with van der Waals surface area (Å²) < 4.78 is 10.8. The van der Waals surface area contributed by atoms with Gasteiger partial charge in [-0.25, -0.2) is 0 Å². The molecule has 0 saturated heterocycles. The quantitative estimate of drug-likeness (QED) is 0.794. The minimum Gasteiger partial charge on any atom is -0.493 e. The van der Waals surface area contributed by atoms with Gasteiger partial charge in [-0.15, -0.1) is 0 Å². The molecule has 1 unspecified atom stereocenters. The summed E-state index contributed by atoms with van der Waals surface area (Å²) in [5, 5.41) is 3.69. The van der Waals surface area contributed by atoms with Gasteiger partial charge in [0.05, 0.1) is 19.8 Å². The van der Waals surface area contributed by atoms with E-state index in [1.807, 2.05) is 38.1 Å². The lowest BCUT2D eigenvalue weighted by Crippen LogP contribution is -2.28. The van der Waals surface area contributed by atoms with Crippen LogP contribution < -0.4 is 14.8 Å². The van der Waals surface area contributed by atoms with Crippen molar-refractivity contribution in [2.24, 2.45) is 0 Å². The molecule has 0 aliphatic carbocycles. The van der Waals surface area contributed by atoms with E-state index in [9.17, 15) is 4.79 Å². The van der Waals surface area contributed by atoms with Crippen LogP contribution >= 0.6 is 11.6 Å². The molecule has 128 valence electrons. The van der Waals surface area contributed by atoms with Crippen molar-refractivity contribution in [3.63, 3.8) is 0 Å². The van der Waals surface area contributed by atoms with Gasteiger partial charge in [-0.3, -0.25) is 4.79 Å². The Labute approximate surface area is 147 Å². The summed E-state index contributed by atoms with van der Waals surface area (Å²) in [6, 6.07) is 12.6. The molecule has 0 spiro atoms. The van der Waals surface area contributed by atoms with Gasteiger partial charge in [0.25, 0.3) is 5.91 Å². The minimum atomic E-state index is -0.164. The van der Waals surface area contributed by atoms with Gasteiger partial charge in [0.1, 0.15) is 0 Å². The number of rotatable bonds is 7. The lowest BCUT2D eigenvalue weighted by molar-refractivity contribution is 0.0935. The van der Waals surface area contributed by atoms with E-state index in [4.69, 9.17) is 21.1 Å². The highest BCUT2D eigenvalue weighted by molar-refractivity contribution is 6.30. The molecule has 0 fully saturated rings. The number of benzene rings is 2. The second kappa shape index (κ2) is 8.60. The fourth-order valence-corrected chi connectivity index (χ4v) is 2.67. The van der Waals surface area contributed by atoms with Crippen molar-refractivity contribution in [3.05, 3.63) is 58.6 Å². The molecule has 5 heteroatoms. The first-order chi connectivity index (χ1) is 11.6. The molecule has 0 bridgehead atoms. The van der Waals surface area contributed by atoms with E-state index in [-0.39, 0.29) is 11.9 Å². The Balaban J connectivity index is 2.18. The van der Waals surface area contributed by atoms with E-state index in [1.54, 1.807) is 25.3 Å². The molecular formula is C19H22ClNO3. The Bertz CT molecular complexity index is 703. The third-order valence-corrected chi connectivity index (χ3v) is 3.93. The summed E-state index contributed by atoms with van der Waals surface area (Å²) in [4.78, 5) is 12.6. The largest absolute Gasteiger partial charge is 0.493 e. The normalized spacial score (nSPS) is 11.7. The topological polar surface area (TPSA) is 47.6 Å². The van der Waals surface area contributed by atoms with Gasteiger partial charge in [-0.1, -0.05) is 30.7 Å². The molecular weight excluding hydrogens is 326 g/mol. The predicted octanol–water partition coefficient (Wildman–Crippen LogP) is 4.63. The number of nitrogens with one attached hydrogen (secondary N) is 1. The molecule has 0 aromatic heterocycles. The summed E-state index contributed by atoms with van der Waals surface area (Å²) in [7, 11) is 1.56. The van der Waals surface area contributed by atoms with Crippen molar-refractivity contribution < 1.29 is 14.3 Å². The molecule has 0 saturated carbocycles. The molecule has 1 amide bonds. The summed E-state index contributed by atoms with van der Waals surface area (Å²) in [6.07, 6.45) is 0.764. The fourth-order valence-electron chi connectivity index (χ4n) is 2.47. The van der Waals surface area contributed by atoms with Crippen molar-refractivity contribution in [3.8, 4) is 11.5 Å². The molecule has 1 N–H and O–H groups in total. The van der Waals surface area contributed by atoms with Crippen molar-refractivity contribution >= 4 is 17.5 Å². The van der Waals surface area contributed by atoms with Crippen LogP contribution in [0.3, 0.4) is 0 Å². The zero-order chi connectivity index (χ0) is 17.5.